The largest absolute Gasteiger partial charge is 0.487 e. The second kappa shape index (κ2) is 4.91. The van der Waals surface area contributed by atoms with Crippen LogP contribution in [0.3, 0.4) is 0 Å². The summed E-state index contributed by atoms with van der Waals surface area (Å²) in [6, 6.07) is 12.0. The first kappa shape index (κ1) is 12.4. The molecule has 2 heterocycles. The molecule has 0 radical (unpaired) electrons. The van der Waals surface area contributed by atoms with Gasteiger partial charge in [-0.2, -0.15) is 5.10 Å². The third-order valence-electron chi connectivity index (χ3n) is 3.98. The van der Waals surface area contributed by atoms with Crippen molar-refractivity contribution in [1.82, 2.24) is 14.7 Å². The maximum Gasteiger partial charge on any atom is 0.272 e. The maximum absolute atomic E-state index is 12.4. The zero-order chi connectivity index (χ0) is 14.2. The van der Waals surface area contributed by atoms with Crippen molar-refractivity contribution in [3.63, 3.8) is 0 Å². The molecule has 0 saturated heterocycles. The summed E-state index contributed by atoms with van der Waals surface area (Å²) in [4.78, 5) is 14.4. The van der Waals surface area contributed by atoms with Crippen LogP contribution in [-0.4, -0.2) is 33.2 Å². The fourth-order valence-corrected chi connectivity index (χ4v) is 2.74. The molecule has 4 rings (SSSR count). The van der Waals surface area contributed by atoms with Crippen LogP contribution < -0.4 is 4.74 Å². The van der Waals surface area contributed by atoms with E-state index in [0.717, 1.165) is 37.4 Å². The van der Waals surface area contributed by atoms with Crippen LogP contribution in [0.15, 0.2) is 36.4 Å². The number of nitrogens with zero attached hydrogens (tertiary/aromatic N) is 3. The van der Waals surface area contributed by atoms with E-state index in [1.165, 1.54) is 0 Å². The highest BCUT2D eigenvalue weighted by molar-refractivity contribution is 5.93. The number of ether oxygens (including phenoxy) is 1. The maximum atomic E-state index is 12.4. The van der Waals surface area contributed by atoms with E-state index in [-0.39, 0.29) is 5.91 Å². The lowest BCUT2D eigenvalue weighted by molar-refractivity contribution is 0.0683. The first-order chi connectivity index (χ1) is 10.3. The molecule has 0 unspecified atom stereocenters. The van der Waals surface area contributed by atoms with Crippen molar-refractivity contribution in [2.24, 2.45) is 0 Å². The number of carbonyl (C=O) groups is 1. The first-order valence-corrected chi connectivity index (χ1v) is 7.37. The van der Waals surface area contributed by atoms with Crippen LogP contribution >= 0.6 is 0 Å². The number of benzene rings is 1. The van der Waals surface area contributed by atoms with Gasteiger partial charge in [0.15, 0.2) is 0 Å². The Labute approximate surface area is 123 Å². The molecule has 1 aliphatic carbocycles. The number of carbonyl (C=O) groups excluding carboxylic acids is 1. The quantitative estimate of drug-likeness (QED) is 0.863. The van der Waals surface area contributed by atoms with Crippen molar-refractivity contribution in [3.8, 4) is 5.75 Å². The van der Waals surface area contributed by atoms with Crippen molar-refractivity contribution in [2.75, 3.05) is 6.54 Å². The van der Waals surface area contributed by atoms with Crippen LogP contribution in [0.5, 0.6) is 5.75 Å². The third-order valence-corrected chi connectivity index (χ3v) is 3.98. The van der Waals surface area contributed by atoms with E-state index in [4.69, 9.17) is 4.74 Å². The van der Waals surface area contributed by atoms with Crippen LogP contribution in [0, 0.1) is 0 Å². The number of aromatic nitrogens is 2. The minimum Gasteiger partial charge on any atom is -0.487 e. The standard InChI is InChI=1S/C16H17N3O2/c20-16-15-10-12(11-21-14-4-2-1-3-5-14)17-19(15)9-8-18(16)13-6-7-13/h1-5,10,13H,6-9,11H2. The molecule has 1 aromatic carbocycles. The first-order valence-electron chi connectivity index (χ1n) is 7.37. The molecule has 0 atom stereocenters. The molecule has 21 heavy (non-hydrogen) atoms. The molecule has 108 valence electrons. The van der Waals surface area contributed by atoms with Gasteiger partial charge in [-0.05, 0) is 31.0 Å². The Balaban J connectivity index is 1.49. The summed E-state index contributed by atoms with van der Waals surface area (Å²) in [5.41, 5.74) is 1.50. The molecule has 1 amide bonds. The van der Waals surface area contributed by atoms with Gasteiger partial charge in [0.2, 0.25) is 0 Å². The van der Waals surface area contributed by atoms with Gasteiger partial charge in [0.05, 0.1) is 6.54 Å². The Kier molecular flexibility index (Phi) is 2.91. The van der Waals surface area contributed by atoms with E-state index in [0.29, 0.717) is 18.3 Å². The zero-order valence-corrected chi connectivity index (χ0v) is 11.7. The normalized spacial score (nSPS) is 17.7. The van der Waals surface area contributed by atoms with E-state index in [1.54, 1.807) is 0 Å². The highest BCUT2D eigenvalue weighted by Crippen LogP contribution is 2.30. The Morgan fingerprint density at radius 2 is 2.00 bits per heavy atom. The topological polar surface area (TPSA) is 47.4 Å². The lowest BCUT2D eigenvalue weighted by Crippen LogP contribution is -2.41. The van der Waals surface area contributed by atoms with Crippen LogP contribution in [0.4, 0.5) is 0 Å². The molecular weight excluding hydrogens is 266 g/mol. The molecule has 0 spiro atoms. The predicted octanol–water partition coefficient (Wildman–Crippen LogP) is 2.08. The highest BCUT2D eigenvalue weighted by Gasteiger charge is 2.36. The summed E-state index contributed by atoms with van der Waals surface area (Å²) in [7, 11) is 0. The molecule has 1 saturated carbocycles. The lowest BCUT2D eigenvalue weighted by atomic mass is 10.2. The Bertz CT molecular complexity index is 661. The SMILES string of the molecule is O=C1c2cc(COc3ccccc3)nn2CCN1C1CC1. The summed E-state index contributed by atoms with van der Waals surface area (Å²) in [5.74, 6) is 0.927. The van der Waals surface area contributed by atoms with Crippen molar-refractivity contribution in [2.45, 2.75) is 32.0 Å². The van der Waals surface area contributed by atoms with Crippen LogP contribution in [-0.2, 0) is 13.2 Å². The fraction of sp³-hybridized carbons (Fsp3) is 0.375. The zero-order valence-electron chi connectivity index (χ0n) is 11.7. The van der Waals surface area contributed by atoms with Gasteiger partial charge in [-0.1, -0.05) is 18.2 Å². The van der Waals surface area contributed by atoms with Crippen molar-refractivity contribution in [3.05, 3.63) is 47.8 Å². The van der Waals surface area contributed by atoms with E-state index < -0.39 is 0 Å². The molecule has 5 heteroatoms. The second-order valence-corrected chi connectivity index (χ2v) is 5.58. The van der Waals surface area contributed by atoms with Gasteiger partial charge in [0.25, 0.3) is 5.91 Å². The molecule has 1 aliphatic heterocycles. The molecule has 0 bridgehead atoms. The molecule has 0 N–H and O–H groups in total. The molecular formula is C16H17N3O2. The Morgan fingerprint density at radius 3 is 2.76 bits per heavy atom. The third kappa shape index (κ3) is 2.39. The van der Waals surface area contributed by atoms with Crippen molar-refractivity contribution in [1.29, 1.82) is 0 Å². The number of fused-ring (bicyclic) bond motifs is 1. The fourth-order valence-electron chi connectivity index (χ4n) is 2.74. The summed E-state index contributed by atoms with van der Waals surface area (Å²) < 4.78 is 7.50. The minimum absolute atomic E-state index is 0.113. The number of rotatable bonds is 4. The van der Waals surface area contributed by atoms with Gasteiger partial charge in [0, 0.05) is 12.6 Å². The minimum atomic E-state index is 0.113. The summed E-state index contributed by atoms with van der Waals surface area (Å²) in [6.45, 7) is 1.95. The lowest BCUT2D eigenvalue weighted by Gasteiger charge is -2.27. The van der Waals surface area contributed by atoms with E-state index in [9.17, 15) is 4.79 Å². The number of para-hydroxylation sites is 1. The van der Waals surface area contributed by atoms with Gasteiger partial charge in [-0.25, -0.2) is 0 Å². The highest BCUT2D eigenvalue weighted by atomic mass is 16.5. The van der Waals surface area contributed by atoms with Crippen molar-refractivity contribution >= 4 is 5.91 Å². The number of hydrogen-bond donors (Lipinski definition) is 0. The van der Waals surface area contributed by atoms with Crippen LogP contribution in [0.2, 0.25) is 0 Å². The van der Waals surface area contributed by atoms with E-state index in [1.807, 2.05) is 46.0 Å². The van der Waals surface area contributed by atoms with Gasteiger partial charge in [-0.15, -0.1) is 0 Å². The number of amides is 1. The molecule has 2 aromatic rings. The van der Waals surface area contributed by atoms with Crippen molar-refractivity contribution < 1.29 is 9.53 Å². The average molecular weight is 283 g/mol. The van der Waals surface area contributed by atoms with Gasteiger partial charge < -0.3 is 9.64 Å². The predicted molar refractivity (Wildman–Crippen MR) is 77.1 cm³/mol. The Hall–Kier alpha value is -2.30. The molecule has 5 nitrogen and oxygen atoms in total. The monoisotopic (exact) mass is 283 g/mol. The van der Waals surface area contributed by atoms with Crippen LogP contribution in [0.1, 0.15) is 29.0 Å². The molecule has 1 aromatic heterocycles. The van der Waals surface area contributed by atoms with Gasteiger partial charge in [-0.3, -0.25) is 9.48 Å². The summed E-state index contributed by atoms with van der Waals surface area (Å²) in [5, 5.41) is 4.47. The number of hydrogen-bond acceptors (Lipinski definition) is 3. The molecule has 1 fully saturated rings. The Morgan fingerprint density at radius 1 is 1.19 bits per heavy atom. The summed E-state index contributed by atoms with van der Waals surface area (Å²) in [6.07, 6.45) is 2.29. The van der Waals surface area contributed by atoms with Gasteiger partial charge in [0.1, 0.15) is 23.7 Å². The van der Waals surface area contributed by atoms with E-state index >= 15 is 0 Å². The summed E-state index contributed by atoms with van der Waals surface area (Å²) >= 11 is 0. The average Bonchev–Trinajstić information content (AvgIpc) is 3.26. The van der Waals surface area contributed by atoms with E-state index in [2.05, 4.69) is 5.10 Å². The van der Waals surface area contributed by atoms with Gasteiger partial charge >= 0.3 is 0 Å². The smallest absolute Gasteiger partial charge is 0.272 e. The second-order valence-electron chi connectivity index (χ2n) is 5.58. The molecule has 2 aliphatic rings. The van der Waals surface area contributed by atoms with Crippen LogP contribution in [0.25, 0.3) is 0 Å².